The van der Waals surface area contributed by atoms with Gasteiger partial charge in [0.2, 0.25) is 0 Å². The van der Waals surface area contributed by atoms with Crippen LogP contribution in [0.5, 0.6) is 0 Å². The first-order valence-electron chi connectivity index (χ1n) is 8.59. The molecular weight excluding hydrogens is 314 g/mol. The van der Waals surface area contributed by atoms with Crippen molar-refractivity contribution in [2.24, 2.45) is 5.92 Å². The third-order valence-electron chi connectivity index (χ3n) is 4.01. The third kappa shape index (κ3) is 4.69. The van der Waals surface area contributed by atoms with Crippen molar-refractivity contribution in [3.05, 3.63) is 36.2 Å². The van der Waals surface area contributed by atoms with E-state index in [1.54, 1.807) is 11.1 Å². The number of hydrogen-bond acceptors (Lipinski definition) is 4. The zero-order valence-electron chi connectivity index (χ0n) is 15.0. The van der Waals surface area contributed by atoms with Gasteiger partial charge in [-0.1, -0.05) is 5.92 Å². The van der Waals surface area contributed by atoms with Crippen molar-refractivity contribution < 1.29 is 9.53 Å². The van der Waals surface area contributed by atoms with Crippen LogP contribution in [0.3, 0.4) is 0 Å². The molecule has 0 aromatic carbocycles. The van der Waals surface area contributed by atoms with Crippen LogP contribution in [0.25, 0.3) is 11.0 Å². The fourth-order valence-corrected chi connectivity index (χ4v) is 2.80. The van der Waals surface area contributed by atoms with Crippen molar-refractivity contribution in [3.8, 4) is 11.8 Å². The highest BCUT2D eigenvalue weighted by Gasteiger charge is 2.29. The van der Waals surface area contributed by atoms with Crippen LogP contribution >= 0.6 is 0 Å². The average Bonchev–Trinajstić information content (AvgIpc) is 3.02. The Morgan fingerprint density at radius 1 is 1.36 bits per heavy atom. The molecule has 0 unspecified atom stereocenters. The molecule has 0 aliphatic carbocycles. The molecule has 25 heavy (non-hydrogen) atoms. The van der Waals surface area contributed by atoms with Crippen molar-refractivity contribution in [1.82, 2.24) is 14.9 Å². The highest BCUT2D eigenvalue weighted by Crippen LogP contribution is 2.21. The lowest BCUT2D eigenvalue weighted by molar-refractivity contribution is 0.0288. The van der Waals surface area contributed by atoms with E-state index in [0.29, 0.717) is 18.1 Å². The van der Waals surface area contributed by atoms with Crippen LogP contribution in [0, 0.1) is 17.8 Å². The summed E-state index contributed by atoms with van der Waals surface area (Å²) in [5.41, 5.74) is 0.990. The van der Waals surface area contributed by atoms with E-state index in [0.717, 1.165) is 30.5 Å². The standard InChI is InChI=1S/C20H23N3O2/c1-20(2,3)25-19(24)23-13-11-15(14-23)6-4-8-17-10-9-16-7-5-12-21-18(16)22-17/h5,7,9-10,12,15H,6,11,13-14H2,1-3H3/t15-/m1/s1. The van der Waals surface area contributed by atoms with Crippen LogP contribution in [0.1, 0.15) is 39.3 Å². The van der Waals surface area contributed by atoms with Gasteiger partial charge in [0.05, 0.1) is 0 Å². The van der Waals surface area contributed by atoms with Gasteiger partial charge in [-0.05, 0) is 63.3 Å². The van der Waals surface area contributed by atoms with Gasteiger partial charge in [0.15, 0.2) is 5.65 Å². The van der Waals surface area contributed by atoms with Gasteiger partial charge < -0.3 is 9.64 Å². The van der Waals surface area contributed by atoms with Crippen molar-refractivity contribution in [1.29, 1.82) is 0 Å². The molecule has 1 atom stereocenters. The molecule has 0 N–H and O–H groups in total. The van der Waals surface area contributed by atoms with Gasteiger partial charge in [-0.3, -0.25) is 0 Å². The monoisotopic (exact) mass is 337 g/mol. The zero-order chi connectivity index (χ0) is 17.9. The van der Waals surface area contributed by atoms with E-state index in [1.165, 1.54) is 0 Å². The average molecular weight is 337 g/mol. The molecule has 0 radical (unpaired) electrons. The topological polar surface area (TPSA) is 55.3 Å². The SMILES string of the molecule is CC(C)(C)OC(=O)N1CC[C@@H](CC#Cc2ccc3cccnc3n2)C1. The highest BCUT2D eigenvalue weighted by molar-refractivity contribution is 5.74. The van der Waals surface area contributed by atoms with Gasteiger partial charge in [-0.25, -0.2) is 14.8 Å². The van der Waals surface area contributed by atoms with Crippen LogP contribution in [-0.4, -0.2) is 39.7 Å². The Balaban J connectivity index is 1.56. The summed E-state index contributed by atoms with van der Waals surface area (Å²) in [4.78, 5) is 22.6. The van der Waals surface area contributed by atoms with Crippen LogP contribution in [0.4, 0.5) is 4.79 Å². The van der Waals surface area contributed by atoms with Gasteiger partial charge >= 0.3 is 6.09 Å². The maximum Gasteiger partial charge on any atom is 0.410 e. The summed E-state index contributed by atoms with van der Waals surface area (Å²) in [7, 11) is 0. The van der Waals surface area contributed by atoms with E-state index in [2.05, 4.69) is 21.8 Å². The molecule has 2 aromatic heterocycles. The largest absolute Gasteiger partial charge is 0.444 e. The number of carbonyl (C=O) groups excluding carboxylic acids is 1. The normalized spacial score (nSPS) is 17.2. The second kappa shape index (κ2) is 7.10. The van der Waals surface area contributed by atoms with Crippen molar-refractivity contribution in [2.45, 2.75) is 39.2 Å². The van der Waals surface area contributed by atoms with Gasteiger partial charge in [0.25, 0.3) is 0 Å². The minimum Gasteiger partial charge on any atom is -0.444 e. The number of pyridine rings is 2. The molecule has 0 saturated carbocycles. The minimum absolute atomic E-state index is 0.231. The zero-order valence-corrected chi connectivity index (χ0v) is 15.0. The second-order valence-electron chi connectivity index (χ2n) is 7.33. The summed E-state index contributed by atoms with van der Waals surface area (Å²) in [5.74, 6) is 6.69. The van der Waals surface area contributed by atoms with Gasteiger partial charge in [-0.15, -0.1) is 0 Å². The van der Waals surface area contributed by atoms with E-state index in [-0.39, 0.29) is 6.09 Å². The van der Waals surface area contributed by atoms with Crippen LogP contribution < -0.4 is 0 Å². The number of rotatable bonds is 1. The Bertz CT molecular complexity index is 830. The number of nitrogens with zero attached hydrogens (tertiary/aromatic N) is 3. The molecule has 0 spiro atoms. The molecular formula is C20H23N3O2. The molecule has 1 aliphatic heterocycles. The van der Waals surface area contributed by atoms with Crippen LogP contribution in [0.15, 0.2) is 30.5 Å². The van der Waals surface area contributed by atoms with Crippen molar-refractivity contribution >= 4 is 17.1 Å². The number of carbonyl (C=O) groups is 1. The number of hydrogen-bond donors (Lipinski definition) is 0. The fourth-order valence-electron chi connectivity index (χ4n) is 2.80. The maximum atomic E-state index is 12.1. The Hall–Kier alpha value is -2.61. The van der Waals surface area contributed by atoms with Gasteiger partial charge in [0.1, 0.15) is 11.3 Å². The van der Waals surface area contributed by atoms with Crippen LogP contribution in [0.2, 0.25) is 0 Å². The summed E-state index contributed by atoms with van der Waals surface area (Å²) in [6.07, 6.45) is 3.21. The smallest absolute Gasteiger partial charge is 0.410 e. The Labute approximate surface area is 148 Å². The molecule has 0 bridgehead atoms. The molecule has 5 nitrogen and oxygen atoms in total. The predicted molar refractivity (Wildman–Crippen MR) is 96.9 cm³/mol. The second-order valence-corrected chi connectivity index (χ2v) is 7.33. The van der Waals surface area contributed by atoms with E-state index >= 15 is 0 Å². The predicted octanol–water partition coefficient (Wildman–Crippen LogP) is 3.63. The Morgan fingerprint density at radius 2 is 2.20 bits per heavy atom. The summed E-state index contributed by atoms with van der Waals surface area (Å²) in [5, 5.41) is 1.01. The lowest BCUT2D eigenvalue weighted by Gasteiger charge is -2.24. The summed E-state index contributed by atoms with van der Waals surface area (Å²) < 4.78 is 5.42. The van der Waals surface area contributed by atoms with Gasteiger partial charge in [0, 0.05) is 31.1 Å². The van der Waals surface area contributed by atoms with Crippen molar-refractivity contribution in [3.63, 3.8) is 0 Å². The first kappa shape index (κ1) is 17.2. The highest BCUT2D eigenvalue weighted by atomic mass is 16.6. The lowest BCUT2D eigenvalue weighted by Crippen LogP contribution is -2.35. The molecule has 5 heteroatoms. The molecule has 1 aliphatic rings. The number of amides is 1. The van der Waals surface area contributed by atoms with Gasteiger partial charge in [-0.2, -0.15) is 0 Å². The quantitative estimate of drug-likeness (QED) is 0.746. The lowest BCUT2D eigenvalue weighted by atomic mass is 10.1. The number of aromatic nitrogens is 2. The number of ether oxygens (including phenoxy) is 1. The van der Waals surface area contributed by atoms with E-state index in [1.807, 2.05) is 45.0 Å². The minimum atomic E-state index is -0.454. The number of likely N-dealkylation sites (tertiary alicyclic amines) is 1. The molecule has 1 fully saturated rings. The first-order valence-corrected chi connectivity index (χ1v) is 8.59. The fraction of sp³-hybridized carbons (Fsp3) is 0.450. The first-order chi connectivity index (χ1) is 11.9. The van der Waals surface area contributed by atoms with Crippen LogP contribution in [-0.2, 0) is 4.74 Å². The summed E-state index contributed by atoms with van der Waals surface area (Å²) >= 11 is 0. The molecule has 3 rings (SSSR count). The molecule has 130 valence electrons. The van der Waals surface area contributed by atoms with E-state index in [9.17, 15) is 4.79 Å². The van der Waals surface area contributed by atoms with Crippen molar-refractivity contribution in [2.75, 3.05) is 13.1 Å². The molecule has 3 heterocycles. The summed E-state index contributed by atoms with van der Waals surface area (Å²) in [6, 6.07) is 7.78. The van der Waals surface area contributed by atoms with E-state index in [4.69, 9.17) is 4.74 Å². The molecule has 1 saturated heterocycles. The Kier molecular flexibility index (Phi) is 4.89. The third-order valence-corrected chi connectivity index (χ3v) is 4.01. The summed E-state index contributed by atoms with van der Waals surface area (Å²) in [6.45, 7) is 7.09. The maximum absolute atomic E-state index is 12.1. The molecule has 2 aromatic rings. The Morgan fingerprint density at radius 3 is 3.00 bits per heavy atom. The number of fused-ring (bicyclic) bond motifs is 1. The molecule has 1 amide bonds. The van der Waals surface area contributed by atoms with E-state index < -0.39 is 5.60 Å².